The second kappa shape index (κ2) is 5.61. The molecule has 2 aromatic heterocycles. The first-order valence-electron chi connectivity index (χ1n) is 5.50. The van der Waals surface area contributed by atoms with Crippen molar-refractivity contribution in [2.24, 2.45) is 0 Å². The minimum atomic E-state index is -0.900. The lowest BCUT2D eigenvalue weighted by Gasteiger charge is -2.02. The number of pyridine rings is 1. The third kappa shape index (κ3) is 3.15. The lowest BCUT2D eigenvalue weighted by atomic mass is 9.82. The maximum atomic E-state index is 9.61. The van der Waals surface area contributed by atoms with E-state index in [4.69, 9.17) is 4.65 Å². The van der Waals surface area contributed by atoms with Gasteiger partial charge in [-0.15, -0.1) is 0 Å². The van der Waals surface area contributed by atoms with Crippen LogP contribution in [0.15, 0.2) is 36.9 Å². The first-order chi connectivity index (χ1) is 8.29. The molecule has 0 aliphatic heterocycles. The lowest BCUT2D eigenvalue weighted by molar-refractivity contribution is 0.287. The zero-order valence-electron chi connectivity index (χ0n) is 9.65. The molecule has 0 unspecified atom stereocenters. The first-order valence-corrected chi connectivity index (χ1v) is 5.50. The molecule has 2 aromatic rings. The smallest absolute Gasteiger partial charge is 0.423 e. The van der Waals surface area contributed by atoms with Crippen LogP contribution >= 0.6 is 0 Å². The van der Waals surface area contributed by atoms with E-state index in [-0.39, 0.29) is 0 Å². The van der Waals surface area contributed by atoms with Crippen molar-refractivity contribution < 1.29 is 9.68 Å². The van der Waals surface area contributed by atoms with Gasteiger partial charge in [0, 0.05) is 36.9 Å². The van der Waals surface area contributed by atoms with Crippen molar-refractivity contribution >= 4 is 12.6 Å². The summed E-state index contributed by atoms with van der Waals surface area (Å²) in [4.78, 5) is 4.04. The molecule has 17 heavy (non-hydrogen) atoms. The summed E-state index contributed by atoms with van der Waals surface area (Å²) in [5, 5.41) is 13.8. The zero-order valence-corrected chi connectivity index (χ0v) is 9.65. The summed E-state index contributed by atoms with van der Waals surface area (Å²) in [5.41, 5.74) is 1.73. The van der Waals surface area contributed by atoms with E-state index in [9.17, 15) is 5.02 Å². The van der Waals surface area contributed by atoms with Gasteiger partial charge in [0.15, 0.2) is 0 Å². The van der Waals surface area contributed by atoms with Gasteiger partial charge in [0.1, 0.15) is 0 Å². The van der Waals surface area contributed by atoms with Crippen LogP contribution < -0.4 is 5.46 Å². The monoisotopic (exact) mass is 231 g/mol. The van der Waals surface area contributed by atoms with Crippen molar-refractivity contribution in [2.45, 2.75) is 13.5 Å². The summed E-state index contributed by atoms with van der Waals surface area (Å²) >= 11 is 0. The molecule has 5 nitrogen and oxygen atoms in total. The van der Waals surface area contributed by atoms with E-state index in [0.29, 0.717) is 18.6 Å². The Balaban J connectivity index is 2.04. The zero-order chi connectivity index (χ0) is 12.1. The summed E-state index contributed by atoms with van der Waals surface area (Å²) in [6.45, 7) is 2.94. The minimum absolute atomic E-state index is 0.467. The van der Waals surface area contributed by atoms with Crippen LogP contribution in [0.2, 0.25) is 0 Å². The second-order valence-corrected chi connectivity index (χ2v) is 3.64. The highest BCUT2D eigenvalue weighted by molar-refractivity contribution is 6.59. The fourth-order valence-electron chi connectivity index (χ4n) is 1.53. The first kappa shape index (κ1) is 11.8. The molecule has 88 valence electrons. The Morgan fingerprint density at radius 2 is 2.35 bits per heavy atom. The van der Waals surface area contributed by atoms with Gasteiger partial charge >= 0.3 is 7.12 Å². The number of hydrogen-bond acceptors (Lipinski definition) is 4. The van der Waals surface area contributed by atoms with Gasteiger partial charge in [-0.05, 0) is 18.6 Å². The van der Waals surface area contributed by atoms with Crippen LogP contribution in [0.4, 0.5) is 0 Å². The molecule has 0 bridgehead atoms. The fourth-order valence-corrected chi connectivity index (χ4v) is 1.53. The number of hydrogen-bond donors (Lipinski definition) is 1. The van der Waals surface area contributed by atoms with Gasteiger partial charge in [0.05, 0.1) is 6.54 Å². The van der Waals surface area contributed by atoms with E-state index in [2.05, 4.69) is 10.1 Å². The van der Waals surface area contributed by atoms with Crippen LogP contribution in [-0.2, 0) is 11.2 Å². The molecule has 2 rings (SSSR count). The Bertz CT molecular complexity index is 461. The molecular weight excluding hydrogens is 217 g/mol. The van der Waals surface area contributed by atoms with E-state index in [0.717, 1.165) is 5.56 Å². The maximum Gasteiger partial charge on any atom is 0.494 e. The standard InChI is InChI=1S/C11H14BN3O2/c1-2-17-12(16)11-7-14-15(9-11)8-10-4-3-5-13-6-10/h3-7,9,16H,2,8H2,1H3. The molecular formula is C11H14BN3O2. The normalized spacial score (nSPS) is 10.5. The molecule has 0 aromatic carbocycles. The van der Waals surface area contributed by atoms with Gasteiger partial charge in [-0.2, -0.15) is 5.10 Å². The molecule has 0 saturated heterocycles. The second-order valence-electron chi connectivity index (χ2n) is 3.64. The van der Waals surface area contributed by atoms with Gasteiger partial charge in [-0.25, -0.2) is 0 Å². The summed E-state index contributed by atoms with van der Waals surface area (Å²) in [5.74, 6) is 0. The van der Waals surface area contributed by atoms with Gasteiger partial charge < -0.3 is 9.68 Å². The van der Waals surface area contributed by atoms with Crippen LogP contribution in [0.1, 0.15) is 12.5 Å². The van der Waals surface area contributed by atoms with Crippen LogP contribution in [0.3, 0.4) is 0 Å². The largest absolute Gasteiger partial charge is 0.494 e. The van der Waals surface area contributed by atoms with Crippen LogP contribution in [0.25, 0.3) is 0 Å². The van der Waals surface area contributed by atoms with Crippen molar-refractivity contribution in [2.75, 3.05) is 6.61 Å². The van der Waals surface area contributed by atoms with Crippen LogP contribution in [0.5, 0.6) is 0 Å². The molecule has 1 N–H and O–H groups in total. The topological polar surface area (TPSA) is 60.2 Å². The van der Waals surface area contributed by atoms with Crippen molar-refractivity contribution in [3.8, 4) is 0 Å². The molecule has 2 heterocycles. The van der Waals surface area contributed by atoms with E-state index in [1.54, 1.807) is 29.5 Å². The summed E-state index contributed by atoms with van der Waals surface area (Å²) in [7, 11) is -0.900. The highest BCUT2D eigenvalue weighted by Crippen LogP contribution is 1.98. The molecule has 0 aliphatic rings. The van der Waals surface area contributed by atoms with Crippen LogP contribution in [0, 0.1) is 0 Å². The lowest BCUT2D eigenvalue weighted by Crippen LogP contribution is -2.32. The highest BCUT2D eigenvalue weighted by atomic mass is 16.5. The summed E-state index contributed by atoms with van der Waals surface area (Å²) in [6, 6.07) is 3.86. The van der Waals surface area contributed by atoms with Gasteiger partial charge in [0.2, 0.25) is 0 Å². The average molecular weight is 231 g/mol. The molecule has 0 radical (unpaired) electrons. The maximum absolute atomic E-state index is 9.61. The van der Waals surface area contributed by atoms with Crippen molar-refractivity contribution in [1.82, 2.24) is 14.8 Å². The molecule has 0 spiro atoms. The van der Waals surface area contributed by atoms with Gasteiger partial charge in [0.25, 0.3) is 0 Å². The molecule has 0 saturated carbocycles. The predicted molar refractivity (Wildman–Crippen MR) is 64.8 cm³/mol. The van der Waals surface area contributed by atoms with E-state index in [1.807, 2.05) is 19.1 Å². The Hall–Kier alpha value is -1.66. The molecule has 0 amide bonds. The number of aromatic nitrogens is 3. The third-order valence-electron chi connectivity index (χ3n) is 2.33. The number of nitrogens with zero attached hydrogens (tertiary/aromatic N) is 3. The molecule has 6 heteroatoms. The van der Waals surface area contributed by atoms with Crippen molar-refractivity contribution in [3.05, 3.63) is 42.5 Å². The summed E-state index contributed by atoms with van der Waals surface area (Å²) in [6.07, 6.45) is 6.90. The van der Waals surface area contributed by atoms with E-state index in [1.165, 1.54) is 0 Å². The van der Waals surface area contributed by atoms with Crippen molar-refractivity contribution in [1.29, 1.82) is 0 Å². The van der Waals surface area contributed by atoms with E-state index < -0.39 is 7.12 Å². The highest BCUT2D eigenvalue weighted by Gasteiger charge is 2.17. The molecule has 0 aliphatic carbocycles. The summed E-state index contributed by atoms with van der Waals surface area (Å²) < 4.78 is 6.83. The average Bonchev–Trinajstić information content (AvgIpc) is 2.79. The Labute approximate surface area is 100 Å². The number of rotatable bonds is 5. The van der Waals surface area contributed by atoms with E-state index >= 15 is 0 Å². The van der Waals surface area contributed by atoms with Gasteiger partial charge in [-0.3, -0.25) is 9.67 Å². The van der Waals surface area contributed by atoms with Gasteiger partial charge in [-0.1, -0.05) is 6.07 Å². The minimum Gasteiger partial charge on any atom is -0.423 e. The Morgan fingerprint density at radius 3 is 3.06 bits per heavy atom. The third-order valence-corrected chi connectivity index (χ3v) is 2.33. The molecule has 0 fully saturated rings. The SMILES string of the molecule is CCOB(O)c1cnn(Cc2cccnc2)c1. The van der Waals surface area contributed by atoms with Crippen molar-refractivity contribution in [3.63, 3.8) is 0 Å². The predicted octanol–water partition coefficient (Wildman–Crippen LogP) is 0.0504. The quantitative estimate of drug-likeness (QED) is 0.738. The molecule has 0 atom stereocenters. The Morgan fingerprint density at radius 1 is 1.47 bits per heavy atom. The fraction of sp³-hybridized carbons (Fsp3) is 0.273. The Kier molecular flexibility index (Phi) is 3.90. The van der Waals surface area contributed by atoms with Crippen LogP contribution in [-0.4, -0.2) is 33.5 Å².